The van der Waals surface area contributed by atoms with Crippen molar-refractivity contribution in [2.75, 3.05) is 13.1 Å². The predicted molar refractivity (Wildman–Crippen MR) is 74.9 cm³/mol. The third kappa shape index (κ3) is 3.36. The fourth-order valence-electron chi connectivity index (χ4n) is 2.65. The van der Waals surface area contributed by atoms with Gasteiger partial charge in [-0.05, 0) is 18.5 Å². The molecule has 1 N–H and O–H groups in total. The molecule has 0 saturated carbocycles. The van der Waals surface area contributed by atoms with E-state index < -0.39 is 11.8 Å². The molecule has 2 aromatic rings. The Morgan fingerprint density at radius 3 is 2.67 bits per heavy atom. The third-order valence-corrected chi connectivity index (χ3v) is 3.64. The molecule has 1 fully saturated rings. The highest BCUT2D eigenvalue weighted by atomic mass is 19.1. The zero-order valence-corrected chi connectivity index (χ0v) is 11.4. The standard InChI is InChI=1S/C16H16F2N2O/c17-13-8-14(18)20-15(9-13)21-16(12-6-7-19-10-12)11-4-2-1-3-5-11/h1-5,8-9,12,16,19H,6-7,10H2/t12-,16-/m0/s1. The first-order chi connectivity index (χ1) is 10.2. The topological polar surface area (TPSA) is 34.1 Å². The van der Waals surface area contributed by atoms with Crippen LogP contribution in [0, 0.1) is 17.7 Å². The summed E-state index contributed by atoms with van der Waals surface area (Å²) >= 11 is 0. The van der Waals surface area contributed by atoms with E-state index in [9.17, 15) is 8.78 Å². The Balaban J connectivity index is 1.88. The first kappa shape index (κ1) is 13.9. The minimum absolute atomic E-state index is 0.0201. The van der Waals surface area contributed by atoms with Crippen molar-refractivity contribution in [1.29, 1.82) is 0 Å². The van der Waals surface area contributed by atoms with Crippen LogP contribution in [-0.2, 0) is 0 Å². The fraction of sp³-hybridized carbons (Fsp3) is 0.312. The van der Waals surface area contributed by atoms with Gasteiger partial charge in [0, 0.05) is 24.6 Å². The molecule has 110 valence electrons. The second-order valence-corrected chi connectivity index (χ2v) is 5.15. The Morgan fingerprint density at radius 1 is 1.19 bits per heavy atom. The lowest BCUT2D eigenvalue weighted by Crippen LogP contribution is -2.22. The number of ether oxygens (including phenoxy) is 1. The number of rotatable bonds is 4. The molecule has 0 spiro atoms. The van der Waals surface area contributed by atoms with Gasteiger partial charge in [0.2, 0.25) is 11.8 Å². The molecule has 0 aliphatic carbocycles. The van der Waals surface area contributed by atoms with E-state index in [4.69, 9.17) is 4.74 Å². The van der Waals surface area contributed by atoms with Crippen LogP contribution in [0.15, 0.2) is 42.5 Å². The molecule has 2 heterocycles. The maximum Gasteiger partial charge on any atom is 0.219 e. The van der Waals surface area contributed by atoms with Crippen molar-refractivity contribution in [3.63, 3.8) is 0 Å². The van der Waals surface area contributed by atoms with E-state index >= 15 is 0 Å². The van der Waals surface area contributed by atoms with Crippen molar-refractivity contribution in [1.82, 2.24) is 10.3 Å². The van der Waals surface area contributed by atoms with E-state index in [1.165, 1.54) is 0 Å². The van der Waals surface area contributed by atoms with Gasteiger partial charge in [0.15, 0.2) is 0 Å². The SMILES string of the molecule is Fc1cc(F)nc(O[C@@H](c2ccccc2)[C@H]2CCNC2)c1. The number of hydrogen-bond acceptors (Lipinski definition) is 3. The number of pyridine rings is 1. The summed E-state index contributed by atoms with van der Waals surface area (Å²) in [6.45, 7) is 1.74. The van der Waals surface area contributed by atoms with Crippen molar-refractivity contribution in [2.45, 2.75) is 12.5 Å². The van der Waals surface area contributed by atoms with Crippen molar-refractivity contribution in [3.05, 3.63) is 59.8 Å². The van der Waals surface area contributed by atoms with Crippen LogP contribution in [0.5, 0.6) is 5.88 Å². The van der Waals surface area contributed by atoms with Gasteiger partial charge in [-0.15, -0.1) is 0 Å². The van der Waals surface area contributed by atoms with Crippen LogP contribution in [0.1, 0.15) is 18.1 Å². The molecule has 3 nitrogen and oxygen atoms in total. The molecular formula is C16H16F2N2O. The van der Waals surface area contributed by atoms with Gasteiger partial charge in [-0.25, -0.2) is 4.39 Å². The van der Waals surface area contributed by atoms with E-state index in [1.807, 2.05) is 30.3 Å². The van der Waals surface area contributed by atoms with Crippen LogP contribution < -0.4 is 10.1 Å². The number of hydrogen-bond donors (Lipinski definition) is 1. The first-order valence-electron chi connectivity index (χ1n) is 6.98. The highest BCUT2D eigenvalue weighted by molar-refractivity contribution is 5.21. The molecule has 2 atom stereocenters. The summed E-state index contributed by atoms with van der Waals surface area (Å²) < 4.78 is 32.3. The maximum atomic E-state index is 13.3. The minimum atomic E-state index is -0.874. The van der Waals surface area contributed by atoms with E-state index in [-0.39, 0.29) is 17.9 Å². The number of nitrogens with zero attached hydrogens (tertiary/aromatic N) is 1. The van der Waals surface area contributed by atoms with Gasteiger partial charge in [0.05, 0.1) is 0 Å². The molecule has 0 unspecified atom stereocenters. The number of aromatic nitrogens is 1. The summed E-state index contributed by atoms with van der Waals surface area (Å²) in [4.78, 5) is 3.62. The van der Waals surface area contributed by atoms with Crippen molar-refractivity contribution in [3.8, 4) is 5.88 Å². The van der Waals surface area contributed by atoms with E-state index in [0.717, 1.165) is 37.2 Å². The summed E-state index contributed by atoms with van der Waals surface area (Å²) in [5, 5.41) is 3.28. The van der Waals surface area contributed by atoms with Crippen molar-refractivity contribution < 1.29 is 13.5 Å². The summed E-state index contributed by atoms with van der Waals surface area (Å²) in [5.74, 6) is -1.33. The molecule has 0 amide bonds. The number of benzene rings is 1. The summed E-state index contributed by atoms with van der Waals surface area (Å²) in [7, 11) is 0. The highest BCUT2D eigenvalue weighted by Crippen LogP contribution is 2.31. The average molecular weight is 290 g/mol. The number of nitrogens with one attached hydrogen (secondary N) is 1. The summed E-state index contributed by atoms with van der Waals surface area (Å²) in [5.41, 5.74) is 0.984. The largest absolute Gasteiger partial charge is 0.469 e. The highest BCUT2D eigenvalue weighted by Gasteiger charge is 2.28. The third-order valence-electron chi connectivity index (χ3n) is 3.64. The second kappa shape index (κ2) is 6.18. The van der Waals surface area contributed by atoms with Gasteiger partial charge in [-0.1, -0.05) is 30.3 Å². The zero-order chi connectivity index (χ0) is 14.7. The molecule has 0 radical (unpaired) electrons. The van der Waals surface area contributed by atoms with E-state index in [1.54, 1.807) is 0 Å². The summed E-state index contributed by atoms with van der Waals surface area (Å²) in [6, 6.07) is 11.5. The quantitative estimate of drug-likeness (QED) is 0.879. The molecule has 1 aromatic heterocycles. The van der Waals surface area contributed by atoms with Crippen LogP contribution in [0.3, 0.4) is 0 Å². The van der Waals surface area contributed by atoms with Crippen LogP contribution in [0.4, 0.5) is 8.78 Å². The Morgan fingerprint density at radius 2 is 2.00 bits per heavy atom. The van der Waals surface area contributed by atoms with Gasteiger partial charge >= 0.3 is 0 Å². The van der Waals surface area contributed by atoms with Crippen LogP contribution in [-0.4, -0.2) is 18.1 Å². The molecule has 5 heteroatoms. The minimum Gasteiger partial charge on any atom is -0.469 e. The molecule has 1 aliphatic rings. The Labute approximate surface area is 122 Å². The van der Waals surface area contributed by atoms with Gasteiger partial charge in [0.1, 0.15) is 11.9 Å². The Kier molecular flexibility index (Phi) is 4.10. The monoisotopic (exact) mass is 290 g/mol. The summed E-state index contributed by atoms with van der Waals surface area (Å²) in [6.07, 6.45) is 0.687. The van der Waals surface area contributed by atoms with Gasteiger partial charge in [-0.3, -0.25) is 0 Å². The Hall–Kier alpha value is -2.01. The first-order valence-corrected chi connectivity index (χ1v) is 6.98. The van der Waals surface area contributed by atoms with Crippen LogP contribution >= 0.6 is 0 Å². The fourth-order valence-corrected chi connectivity index (χ4v) is 2.65. The zero-order valence-electron chi connectivity index (χ0n) is 11.4. The maximum absolute atomic E-state index is 13.3. The predicted octanol–water partition coefficient (Wildman–Crippen LogP) is 3.09. The second-order valence-electron chi connectivity index (χ2n) is 5.15. The number of halogens is 2. The van der Waals surface area contributed by atoms with Crippen molar-refractivity contribution in [2.24, 2.45) is 5.92 Å². The molecule has 1 aliphatic heterocycles. The molecular weight excluding hydrogens is 274 g/mol. The lowest BCUT2D eigenvalue weighted by Gasteiger charge is -2.24. The molecule has 3 rings (SSSR count). The normalized spacial score (nSPS) is 19.4. The molecule has 0 bridgehead atoms. The van der Waals surface area contributed by atoms with E-state index in [2.05, 4.69) is 10.3 Å². The average Bonchev–Trinajstić information content (AvgIpc) is 2.98. The van der Waals surface area contributed by atoms with Gasteiger partial charge in [-0.2, -0.15) is 9.37 Å². The smallest absolute Gasteiger partial charge is 0.219 e. The molecule has 1 saturated heterocycles. The van der Waals surface area contributed by atoms with Crippen LogP contribution in [0.2, 0.25) is 0 Å². The Bertz CT molecular complexity index is 580. The molecule has 1 aromatic carbocycles. The van der Waals surface area contributed by atoms with Gasteiger partial charge in [0.25, 0.3) is 0 Å². The van der Waals surface area contributed by atoms with E-state index in [0.29, 0.717) is 0 Å². The lowest BCUT2D eigenvalue weighted by atomic mass is 9.95. The molecule has 21 heavy (non-hydrogen) atoms. The lowest BCUT2D eigenvalue weighted by molar-refractivity contribution is 0.136. The van der Waals surface area contributed by atoms with Crippen LogP contribution in [0.25, 0.3) is 0 Å². The van der Waals surface area contributed by atoms with Crippen molar-refractivity contribution >= 4 is 0 Å². The van der Waals surface area contributed by atoms with Gasteiger partial charge < -0.3 is 10.1 Å².